The molecule has 13 heavy (non-hydrogen) atoms. The van der Waals surface area contributed by atoms with Crippen molar-refractivity contribution >= 4 is 6.21 Å². The van der Waals surface area contributed by atoms with E-state index in [0.29, 0.717) is 0 Å². The summed E-state index contributed by atoms with van der Waals surface area (Å²) in [6, 6.07) is 0. The van der Waals surface area contributed by atoms with Gasteiger partial charge in [-0.25, -0.2) is 0 Å². The molecule has 0 bridgehead atoms. The van der Waals surface area contributed by atoms with Crippen LogP contribution in [0.4, 0.5) is 0 Å². The van der Waals surface area contributed by atoms with Gasteiger partial charge in [0, 0.05) is 19.6 Å². The van der Waals surface area contributed by atoms with Crippen molar-refractivity contribution in [3.05, 3.63) is 6.92 Å². The molecule has 0 amide bonds. The van der Waals surface area contributed by atoms with Gasteiger partial charge in [-0.15, -0.1) is 11.8 Å². The van der Waals surface area contributed by atoms with Crippen LogP contribution in [0, 0.1) is 18.8 Å². The Balaban J connectivity index is 2.98. The molecule has 0 aromatic rings. The minimum Gasteiger partial charge on any atom is -0.399 e. The highest BCUT2D eigenvalue weighted by molar-refractivity contribution is 5.55. The molecular weight excluding hydrogens is 162 g/mol. The molecule has 0 N–H and O–H groups in total. The van der Waals surface area contributed by atoms with Crippen molar-refractivity contribution in [2.75, 3.05) is 7.11 Å². The Bertz CT molecular complexity index is 176. The summed E-state index contributed by atoms with van der Waals surface area (Å²) in [5.41, 5.74) is 0. The molecule has 0 aromatic carbocycles. The van der Waals surface area contributed by atoms with Crippen LogP contribution in [0.1, 0.15) is 38.5 Å². The molecule has 0 heterocycles. The number of unbranched alkanes of at least 4 members (excludes halogenated alkanes) is 5. The summed E-state index contributed by atoms with van der Waals surface area (Å²) in [7, 11) is 1.56. The van der Waals surface area contributed by atoms with E-state index >= 15 is 0 Å². The first-order valence-electron chi connectivity index (χ1n) is 4.71. The molecule has 2 heteroatoms. The third-order valence-corrected chi connectivity index (χ3v) is 1.69. The van der Waals surface area contributed by atoms with E-state index in [1.807, 2.05) is 6.21 Å². The van der Waals surface area contributed by atoms with Gasteiger partial charge < -0.3 is 4.84 Å². The van der Waals surface area contributed by atoms with Crippen LogP contribution < -0.4 is 0 Å². The van der Waals surface area contributed by atoms with Crippen LogP contribution in [-0.4, -0.2) is 13.3 Å². The normalized spacial score (nSPS) is 9.69. The van der Waals surface area contributed by atoms with Crippen molar-refractivity contribution in [2.45, 2.75) is 38.5 Å². The maximum absolute atomic E-state index is 4.55. The maximum Gasteiger partial charge on any atom is 0.106 e. The van der Waals surface area contributed by atoms with E-state index in [0.717, 1.165) is 12.8 Å². The lowest BCUT2D eigenvalue weighted by Gasteiger charge is -1.95. The first kappa shape index (κ1) is 12.0. The van der Waals surface area contributed by atoms with Crippen LogP contribution in [0.3, 0.4) is 0 Å². The quantitative estimate of drug-likeness (QED) is 0.255. The van der Waals surface area contributed by atoms with Crippen LogP contribution >= 0.6 is 0 Å². The van der Waals surface area contributed by atoms with Gasteiger partial charge in [0.2, 0.25) is 0 Å². The average Bonchev–Trinajstić information content (AvgIpc) is 2.16. The van der Waals surface area contributed by atoms with E-state index in [1.165, 1.54) is 25.7 Å². The molecule has 0 aliphatic heterocycles. The highest BCUT2D eigenvalue weighted by atomic mass is 16.6. The van der Waals surface area contributed by atoms with Crippen molar-refractivity contribution in [2.24, 2.45) is 5.16 Å². The van der Waals surface area contributed by atoms with E-state index in [2.05, 4.69) is 28.8 Å². The zero-order valence-electron chi connectivity index (χ0n) is 8.38. The molecule has 0 saturated heterocycles. The first-order valence-corrected chi connectivity index (χ1v) is 4.71. The van der Waals surface area contributed by atoms with Crippen LogP contribution in [0.25, 0.3) is 0 Å². The smallest absolute Gasteiger partial charge is 0.106 e. The lowest BCUT2D eigenvalue weighted by atomic mass is 10.1. The summed E-state index contributed by atoms with van der Waals surface area (Å²) in [6.45, 7) is 3.46. The summed E-state index contributed by atoms with van der Waals surface area (Å²) < 4.78 is 0. The van der Waals surface area contributed by atoms with E-state index < -0.39 is 0 Å². The van der Waals surface area contributed by atoms with Crippen molar-refractivity contribution in [3.8, 4) is 11.8 Å². The first-order chi connectivity index (χ1) is 6.41. The molecular formula is C11H18NO. The van der Waals surface area contributed by atoms with E-state index in [1.54, 1.807) is 7.11 Å². The van der Waals surface area contributed by atoms with Crippen molar-refractivity contribution in [1.82, 2.24) is 0 Å². The zero-order valence-corrected chi connectivity index (χ0v) is 8.38. The molecule has 0 rings (SSSR count). The molecule has 0 unspecified atom stereocenters. The zero-order chi connectivity index (χ0) is 9.78. The van der Waals surface area contributed by atoms with Gasteiger partial charge in [-0.05, 0) is 19.3 Å². The van der Waals surface area contributed by atoms with Crippen molar-refractivity contribution in [3.63, 3.8) is 0 Å². The lowest BCUT2D eigenvalue weighted by Crippen LogP contribution is -1.80. The third-order valence-electron chi connectivity index (χ3n) is 1.69. The second-order valence-electron chi connectivity index (χ2n) is 2.78. The van der Waals surface area contributed by atoms with Crippen LogP contribution in [0.5, 0.6) is 0 Å². The maximum atomic E-state index is 4.55. The molecule has 0 fully saturated rings. The Morgan fingerprint density at radius 3 is 2.77 bits per heavy atom. The fraction of sp³-hybridized carbons (Fsp3) is 0.636. The largest absolute Gasteiger partial charge is 0.399 e. The Kier molecular flexibility index (Phi) is 10.2. The molecule has 0 saturated carbocycles. The SMILES string of the molecule is [CH2]C#CCCCCCCC=NOC. The van der Waals surface area contributed by atoms with Crippen LogP contribution in [-0.2, 0) is 4.84 Å². The van der Waals surface area contributed by atoms with Gasteiger partial charge in [-0.3, -0.25) is 0 Å². The Hall–Kier alpha value is -0.970. The minimum atomic E-state index is 0.982. The summed E-state index contributed by atoms with van der Waals surface area (Å²) in [5, 5.41) is 3.66. The predicted octanol–water partition coefficient (Wildman–Crippen LogP) is 2.80. The highest BCUT2D eigenvalue weighted by Gasteiger charge is 1.87. The Morgan fingerprint density at radius 1 is 1.31 bits per heavy atom. The third kappa shape index (κ3) is 11.0. The van der Waals surface area contributed by atoms with Gasteiger partial charge in [0.05, 0.1) is 0 Å². The lowest BCUT2D eigenvalue weighted by molar-refractivity contribution is 0.214. The molecule has 0 aliphatic carbocycles. The van der Waals surface area contributed by atoms with Gasteiger partial charge in [-0.1, -0.05) is 18.0 Å². The second-order valence-corrected chi connectivity index (χ2v) is 2.78. The summed E-state index contributed by atoms with van der Waals surface area (Å²) >= 11 is 0. The topological polar surface area (TPSA) is 21.6 Å². The molecule has 0 aliphatic rings. The fourth-order valence-corrected chi connectivity index (χ4v) is 1.02. The molecule has 2 nitrogen and oxygen atoms in total. The van der Waals surface area contributed by atoms with E-state index in [4.69, 9.17) is 0 Å². The van der Waals surface area contributed by atoms with Gasteiger partial charge in [0.15, 0.2) is 0 Å². The standard InChI is InChI=1S/C11H18NO/c1-3-4-5-6-7-8-9-10-11-12-13-2/h11H,1,5-10H2,2H3. The van der Waals surface area contributed by atoms with E-state index in [-0.39, 0.29) is 0 Å². The van der Waals surface area contributed by atoms with Gasteiger partial charge in [0.1, 0.15) is 7.11 Å². The fourth-order valence-electron chi connectivity index (χ4n) is 1.02. The van der Waals surface area contributed by atoms with E-state index in [9.17, 15) is 0 Å². The van der Waals surface area contributed by atoms with Gasteiger partial charge in [-0.2, -0.15) is 0 Å². The number of hydrogen-bond acceptors (Lipinski definition) is 2. The van der Waals surface area contributed by atoms with Crippen molar-refractivity contribution < 1.29 is 4.84 Å². The minimum absolute atomic E-state index is 0.982. The monoisotopic (exact) mass is 180 g/mol. The number of nitrogens with zero attached hydrogens (tertiary/aromatic N) is 1. The molecule has 1 radical (unpaired) electrons. The molecule has 73 valence electrons. The number of hydrogen-bond donors (Lipinski definition) is 0. The molecule has 0 spiro atoms. The van der Waals surface area contributed by atoms with Crippen molar-refractivity contribution in [1.29, 1.82) is 0 Å². The van der Waals surface area contributed by atoms with Crippen LogP contribution in [0.2, 0.25) is 0 Å². The Labute approximate surface area is 81.4 Å². The summed E-state index contributed by atoms with van der Waals surface area (Å²) in [6.07, 6.45) is 8.67. The second kappa shape index (κ2) is 11.0. The van der Waals surface area contributed by atoms with Gasteiger partial charge in [0.25, 0.3) is 0 Å². The molecule has 0 aromatic heterocycles. The summed E-state index contributed by atoms with van der Waals surface area (Å²) in [4.78, 5) is 4.55. The van der Waals surface area contributed by atoms with Gasteiger partial charge >= 0.3 is 0 Å². The summed E-state index contributed by atoms with van der Waals surface area (Å²) in [5.74, 6) is 5.60. The molecule has 0 atom stereocenters. The highest BCUT2D eigenvalue weighted by Crippen LogP contribution is 2.03. The Morgan fingerprint density at radius 2 is 2.08 bits per heavy atom. The average molecular weight is 180 g/mol. The predicted molar refractivity (Wildman–Crippen MR) is 56.3 cm³/mol. The number of oxime groups is 1. The van der Waals surface area contributed by atoms with Crippen LogP contribution in [0.15, 0.2) is 5.16 Å². The number of rotatable bonds is 7.